The van der Waals surface area contributed by atoms with Crippen LogP contribution in [0.5, 0.6) is 0 Å². The quantitative estimate of drug-likeness (QED) is 0.720. The maximum atomic E-state index is 3.73. The van der Waals surface area contributed by atoms with E-state index in [2.05, 4.69) is 70.8 Å². The Labute approximate surface area is 129 Å². The number of nitrogens with one attached hydrogen (secondary N) is 1. The zero-order chi connectivity index (χ0) is 15.1. The van der Waals surface area contributed by atoms with E-state index in [1.54, 1.807) is 0 Å². The van der Waals surface area contributed by atoms with Crippen LogP contribution in [0.25, 0.3) is 0 Å². The second kappa shape index (κ2) is 8.74. The van der Waals surface area contributed by atoms with Gasteiger partial charge < -0.3 is 5.32 Å². The van der Waals surface area contributed by atoms with Crippen LogP contribution in [0.2, 0.25) is 0 Å². The average molecular weight is 294 g/mol. The maximum Gasteiger partial charge on any atom is 0.0414 e. The van der Waals surface area contributed by atoms with Gasteiger partial charge in [0.2, 0.25) is 0 Å². The Morgan fingerprint density at radius 3 is 2.25 bits per heavy atom. The Bertz CT molecular complexity index is 412. The summed E-state index contributed by atoms with van der Waals surface area (Å²) in [6, 6.07) is 5.20. The molecule has 0 aliphatic carbocycles. The Morgan fingerprint density at radius 2 is 1.65 bits per heavy atom. The number of hydrogen-bond acceptors (Lipinski definition) is 2. The topological polar surface area (TPSA) is 12.0 Å². The first kappa shape index (κ1) is 17.6. The van der Waals surface area contributed by atoms with Gasteiger partial charge in [-0.1, -0.05) is 32.9 Å². The molecule has 1 N–H and O–H groups in total. The lowest BCUT2D eigenvalue weighted by Crippen LogP contribution is -2.25. The largest absolute Gasteiger partial charge is 0.309 e. The summed E-state index contributed by atoms with van der Waals surface area (Å²) in [5.41, 5.74) is 5.71. The molecule has 0 bridgehead atoms. The fraction of sp³-hybridized carbons (Fsp3) is 0.667. The van der Waals surface area contributed by atoms with Crippen molar-refractivity contribution in [3.05, 3.63) is 34.4 Å². The average Bonchev–Trinajstić information content (AvgIpc) is 2.38. The van der Waals surface area contributed by atoms with Crippen LogP contribution in [0.3, 0.4) is 0 Å². The van der Waals surface area contributed by atoms with Gasteiger partial charge in [0.05, 0.1) is 0 Å². The minimum absolute atomic E-state index is 0.484. The predicted octanol–water partition coefficient (Wildman–Crippen LogP) is 5.04. The molecule has 0 spiro atoms. The highest BCUT2D eigenvalue weighted by molar-refractivity contribution is 7.99. The number of benzene rings is 1. The summed E-state index contributed by atoms with van der Waals surface area (Å²) in [5.74, 6) is 3.18. The lowest BCUT2D eigenvalue weighted by molar-refractivity contribution is 0.574. The SMILES string of the molecule is CCCNC(CSCC(C)C)c1cc(C)c(C)cc1C. The third kappa shape index (κ3) is 5.49. The Hall–Kier alpha value is -0.470. The van der Waals surface area contributed by atoms with Crippen LogP contribution in [0, 0.1) is 26.7 Å². The summed E-state index contributed by atoms with van der Waals surface area (Å²) in [6.45, 7) is 14.6. The molecule has 1 unspecified atom stereocenters. The second-order valence-corrected chi connectivity index (χ2v) is 7.31. The summed E-state index contributed by atoms with van der Waals surface area (Å²) in [4.78, 5) is 0. The molecular formula is C18H31NS. The normalized spacial score (nSPS) is 12.9. The van der Waals surface area contributed by atoms with Crippen LogP contribution >= 0.6 is 11.8 Å². The standard InChI is InChI=1S/C18H31NS/c1-7-8-19-18(12-20-11-13(2)3)17-10-15(5)14(4)9-16(17)6/h9-10,13,18-19H,7-8,11-12H2,1-6H3. The third-order valence-corrected chi connectivity index (χ3v) is 5.11. The number of rotatable bonds is 8. The maximum absolute atomic E-state index is 3.73. The molecule has 114 valence electrons. The molecule has 1 aromatic carbocycles. The lowest BCUT2D eigenvalue weighted by Gasteiger charge is -2.22. The molecule has 0 fully saturated rings. The first-order valence-corrected chi connectivity index (χ1v) is 9.00. The summed E-state index contributed by atoms with van der Waals surface area (Å²) < 4.78 is 0. The smallest absolute Gasteiger partial charge is 0.0414 e. The highest BCUT2D eigenvalue weighted by Crippen LogP contribution is 2.25. The first-order chi connectivity index (χ1) is 9.45. The Morgan fingerprint density at radius 1 is 1.00 bits per heavy atom. The molecule has 0 saturated heterocycles. The fourth-order valence-corrected chi connectivity index (χ4v) is 3.50. The van der Waals surface area contributed by atoms with Gasteiger partial charge in [-0.3, -0.25) is 0 Å². The summed E-state index contributed by atoms with van der Waals surface area (Å²) in [5, 5.41) is 3.73. The van der Waals surface area contributed by atoms with Crippen LogP contribution in [-0.4, -0.2) is 18.1 Å². The van der Waals surface area contributed by atoms with Gasteiger partial charge in [-0.25, -0.2) is 0 Å². The molecular weight excluding hydrogens is 262 g/mol. The number of thioether (sulfide) groups is 1. The molecule has 20 heavy (non-hydrogen) atoms. The molecule has 0 amide bonds. The minimum atomic E-state index is 0.484. The molecule has 1 nitrogen and oxygen atoms in total. The van der Waals surface area contributed by atoms with Crippen molar-refractivity contribution in [2.24, 2.45) is 5.92 Å². The third-order valence-electron chi connectivity index (χ3n) is 3.63. The molecule has 1 rings (SSSR count). The molecule has 0 aliphatic rings. The molecule has 1 aromatic rings. The van der Waals surface area contributed by atoms with Gasteiger partial charge in [-0.05, 0) is 67.7 Å². The van der Waals surface area contributed by atoms with Crippen molar-refractivity contribution in [1.82, 2.24) is 5.32 Å². The van der Waals surface area contributed by atoms with E-state index in [4.69, 9.17) is 0 Å². The number of aryl methyl sites for hydroxylation is 3. The van der Waals surface area contributed by atoms with Gasteiger partial charge >= 0.3 is 0 Å². The molecule has 0 saturated carbocycles. The van der Waals surface area contributed by atoms with Gasteiger partial charge in [0.1, 0.15) is 0 Å². The van der Waals surface area contributed by atoms with E-state index in [9.17, 15) is 0 Å². The molecule has 0 aromatic heterocycles. The van der Waals surface area contributed by atoms with Crippen molar-refractivity contribution in [1.29, 1.82) is 0 Å². The predicted molar refractivity (Wildman–Crippen MR) is 93.9 cm³/mol. The van der Waals surface area contributed by atoms with Gasteiger partial charge in [-0.2, -0.15) is 11.8 Å². The summed E-state index contributed by atoms with van der Waals surface area (Å²) in [7, 11) is 0. The van der Waals surface area contributed by atoms with Crippen molar-refractivity contribution in [2.45, 2.75) is 54.0 Å². The van der Waals surface area contributed by atoms with E-state index in [0.717, 1.165) is 12.5 Å². The van der Waals surface area contributed by atoms with Crippen LogP contribution in [0.15, 0.2) is 12.1 Å². The highest BCUT2D eigenvalue weighted by Gasteiger charge is 2.14. The highest BCUT2D eigenvalue weighted by atomic mass is 32.2. The zero-order valence-corrected chi connectivity index (χ0v) is 14.9. The number of hydrogen-bond donors (Lipinski definition) is 1. The Balaban J connectivity index is 2.83. The summed E-state index contributed by atoms with van der Waals surface area (Å²) in [6.07, 6.45) is 1.19. The van der Waals surface area contributed by atoms with E-state index in [1.165, 1.54) is 40.2 Å². The van der Waals surface area contributed by atoms with E-state index in [0.29, 0.717) is 6.04 Å². The van der Waals surface area contributed by atoms with Crippen molar-refractivity contribution in [3.8, 4) is 0 Å². The van der Waals surface area contributed by atoms with Gasteiger partial charge in [-0.15, -0.1) is 0 Å². The van der Waals surface area contributed by atoms with Crippen molar-refractivity contribution < 1.29 is 0 Å². The van der Waals surface area contributed by atoms with E-state index < -0.39 is 0 Å². The van der Waals surface area contributed by atoms with Crippen LogP contribution < -0.4 is 5.32 Å². The van der Waals surface area contributed by atoms with E-state index in [-0.39, 0.29) is 0 Å². The van der Waals surface area contributed by atoms with Gasteiger partial charge in [0, 0.05) is 11.8 Å². The van der Waals surface area contributed by atoms with Gasteiger partial charge in [0.15, 0.2) is 0 Å². The minimum Gasteiger partial charge on any atom is -0.309 e. The summed E-state index contributed by atoms with van der Waals surface area (Å²) >= 11 is 2.07. The van der Waals surface area contributed by atoms with Crippen molar-refractivity contribution in [2.75, 3.05) is 18.1 Å². The molecule has 0 radical (unpaired) electrons. The fourth-order valence-electron chi connectivity index (χ4n) is 2.36. The molecule has 0 heterocycles. The van der Waals surface area contributed by atoms with Crippen LogP contribution in [0.1, 0.15) is 55.5 Å². The molecule has 2 heteroatoms. The second-order valence-electron chi connectivity index (χ2n) is 6.23. The van der Waals surface area contributed by atoms with E-state index >= 15 is 0 Å². The molecule has 1 atom stereocenters. The van der Waals surface area contributed by atoms with Crippen molar-refractivity contribution in [3.63, 3.8) is 0 Å². The van der Waals surface area contributed by atoms with Crippen molar-refractivity contribution >= 4 is 11.8 Å². The Kier molecular flexibility index (Phi) is 7.68. The lowest BCUT2D eigenvalue weighted by atomic mass is 9.96. The van der Waals surface area contributed by atoms with Gasteiger partial charge in [0.25, 0.3) is 0 Å². The first-order valence-electron chi connectivity index (χ1n) is 7.84. The van der Waals surface area contributed by atoms with Crippen LogP contribution in [0.4, 0.5) is 0 Å². The zero-order valence-electron chi connectivity index (χ0n) is 14.0. The van der Waals surface area contributed by atoms with E-state index in [1.807, 2.05) is 0 Å². The molecule has 0 aliphatic heterocycles. The van der Waals surface area contributed by atoms with Crippen LogP contribution in [-0.2, 0) is 0 Å². The monoisotopic (exact) mass is 293 g/mol.